The zero-order valence-electron chi connectivity index (χ0n) is 11.0. The van der Waals surface area contributed by atoms with Crippen molar-refractivity contribution in [3.8, 4) is 5.75 Å². The molecule has 0 aliphatic heterocycles. The fraction of sp³-hybridized carbons (Fsp3) is 0.357. The number of aromatic nitrogens is 1. The Morgan fingerprint density at radius 1 is 1.33 bits per heavy atom. The van der Waals surface area contributed by atoms with Gasteiger partial charge in [0.2, 0.25) is 0 Å². The van der Waals surface area contributed by atoms with Crippen molar-refractivity contribution in [3.63, 3.8) is 0 Å². The van der Waals surface area contributed by atoms with E-state index < -0.39 is 0 Å². The molecule has 1 N–H and O–H groups in total. The van der Waals surface area contributed by atoms with Crippen LogP contribution in [-0.2, 0) is 6.54 Å². The maximum Gasteiger partial charge on any atom is 0.121 e. The summed E-state index contributed by atoms with van der Waals surface area (Å²) in [6, 6.07) is 8.00. The van der Waals surface area contributed by atoms with Crippen molar-refractivity contribution in [2.45, 2.75) is 27.3 Å². The van der Waals surface area contributed by atoms with Gasteiger partial charge in [-0.05, 0) is 32.9 Å². The Labute approximate surface area is 112 Å². The molecule has 1 heterocycles. The molecule has 0 bridgehead atoms. The second-order valence-corrected chi connectivity index (χ2v) is 5.35. The van der Waals surface area contributed by atoms with Crippen molar-refractivity contribution < 1.29 is 4.74 Å². The van der Waals surface area contributed by atoms with Crippen LogP contribution in [0.4, 0.5) is 5.69 Å². The third-order valence-corrected chi connectivity index (χ3v) is 3.73. The molecule has 0 fully saturated rings. The standard InChI is InChI=1S/C14H18N2OS/c1-4-17-13-7-5-6-12(8-13)15-9-14-16-10(2)11(3)18-14/h5-8,15H,4,9H2,1-3H3. The van der Waals surface area contributed by atoms with Crippen LogP contribution in [0.5, 0.6) is 5.75 Å². The topological polar surface area (TPSA) is 34.1 Å². The van der Waals surface area contributed by atoms with Gasteiger partial charge in [0.05, 0.1) is 18.8 Å². The molecule has 18 heavy (non-hydrogen) atoms. The van der Waals surface area contributed by atoms with Crippen LogP contribution in [0.1, 0.15) is 22.5 Å². The van der Waals surface area contributed by atoms with E-state index in [4.69, 9.17) is 4.74 Å². The summed E-state index contributed by atoms with van der Waals surface area (Å²) in [5.41, 5.74) is 2.19. The van der Waals surface area contributed by atoms with Gasteiger partial charge in [0.1, 0.15) is 10.8 Å². The van der Waals surface area contributed by atoms with Gasteiger partial charge in [-0.3, -0.25) is 0 Å². The predicted molar refractivity (Wildman–Crippen MR) is 76.5 cm³/mol. The first-order valence-electron chi connectivity index (χ1n) is 6.08. The van der Waals surface area contributed by atoms with E-state index >= 15 is 0 Å². The summed E-state index contributed by atoms with van der Waals surface area (Å²) >= 11 is 1.74. The summed E-state index contributed by atoms with van der Waals surface area (Å²) in [7, 11) is 0. The highest BCUT2D eigenvalue weighted by atomic mass is 32.1. The van der Waals surface area contributed by atoms with Crippen molar-refractivity contribution >= 4 is 17.0 Å². The Hall–Kier alpha value is -1.55. The van der Waals surface area contributed by atoms with Gasteiger partial charge in [0, 0.05) is 16.6 Å². The number of rotatable bonds is 5. The first-order valence-corrected chi connectivity index (χ1v) is 6.90. The number of nitrogens with one attached hydrogen (secondary N) is 1. The van der Waals surface area contributed by atoms with Crippen molar-refractivity contribution in [3.05, 3.63) is 39.8 Å². The number of benzene rings is 1. The van der Waals surface area contributed by atoms with Gasteiger partial charge in [-0.25, -0.2) is 4.98 Å². The molecule has 0 radical (unpaired) electrons. The van der Waals surface area contributed by atoms with Crippen LogP contribution in [0.3, 0.4) is 0 Å². The summed E-state index contributed by atoms with van der Waals surface area (Å²) in [5, 5.41) is 4.49. The largest absolute Gasteiger partial charge is 0.494 e. The van der Waals surface area contributed by atoms with Gasteiger partial charge >= 0.3 is 0 Å². The third kappa shape index (κ3) is 3.23. The zero-order chi connectivity index (χ0) is 13.0. The molecule has 2 aromatic rings. The Balaban J connectivity index is 1.99. The highest BCUT2D eigenvalue weighted by molar-refractivity contribution is 7.11. The third-order valence-electron chi connectivity index (χ3n) is 2.66. The molecule has 0 unspecified atom stereocenters. The van der Waals surface area contributed by atoms with E-state index in [1.165, 1.54) is 4.88 Å². The van der Waals surface area contributed by atoms with Gasteiger partial charge in [0.25, 0.3) is 0 Å². The lowest BCUT2D eigenvalue weighted by Gasteiger charge is -2.07. The molecule has 1 aromatic carbocycles. The molecule has 0 saturated heterocycles. The lowest BCUT2D eigenvalue weighted by molar-refractivity contribution is 0.340. The van der Waals surface area contributed by atoms with Gasteiger partial charge in [-0.2, -0.15) is 0 Å². The van der Waals surface area contributed by atoms with Crippen molar-refractivity contribution in [1.29, 1.82) is 0 Å². The molecule has 96 valence electrons. The van der Waals surface area contributed by atoms with Crippen LogP contribution >= 0.6 is 11.3 Å². The SMILES string of the molecule is CCOc1cccc(NCc2nc(C)c(C)s2)c1. The highest BCUT2D eigenvalue weighted by Crippen LogP contribution is 2.20. The van der Waals surface area contributed by atoms with E-state index in [9.17, 15) is 0 Å². The number of nitrogens with zero attached hydrogens (tertiary/aromatic N) is 1. The molecule has 2 rings (SSSR count). The lowest BCUT2D eigenvalue weighted by atomic mass is 10.3. The summed E-state index contributed by atoms with van der Waals surface area (Å²) < 4.78 is 5.47. The first-order chi connectivity index (χ1) is 8.69. The Kier molecular flexibility index (Phi) is 4.20. The van der Waals surface area contributed by atoms with Crippen LogP contribution in [0.25, 0.3) is 0 Å². The summed E-state index contributed by atoms with van der Waals surface area (Å²) in [6.07, 6.45) is 0. The minimum Gasteiger partial charge on any atom is -0.494 e. The van der Waals surface area contributed by atoms with Crippen molar-refractivity contribution in [2.75, 3.05) is 11.9 Å². The monoisotopic (exact) mass is 262 g/mol. The molecule has 0 atom stereocenters. The van der Waals surface area contributed by atoms with Crippen LogP contribution in [0.15, 0.2) is 24.3 Å². The molecule has 4 heteroatoms. The predicted octanol–water partition coefficient (Wildman–Crippen LogP) is 3.77. The Morgan fingerprint density at radius 3 is 2.83 bits per heavy atom. The molecule has 0 amide bonds. The number of aryl methyl sites for hydroxylation is 2. The van der Waals surface area contributed by atoms with Crippen molar-refractivity contribution in [2.24, 2.45) is 0 Å². The van der Waals surface area contributed by atoms with Gasteiger partial charge in [0.15, 0.2) is 0 Å². The van der Waals surface area contributed by atoms with Crippen LogP contribution in [-0.4, -0.2) is 11.6 Å². The van der Waals surface area contributed by atoms with Gasteiger partial charge in [-0.15, -0.1) is 11.3 Å². The number of ether oxygens (including phenoxy) is 1. The first kappa shape index (κ1) is 12.9. The Morgan fingerprint density at radius 2 is 2.17 bits per heavy atom. The fourth-order valence-corrected chi connectivity index (χ4v) is 2.53. The maximum absolute atomic E-state index is 5.47. The van der Waals surface area contributed by atoms with Crippen LogP contribution in [0, 0.1) is 13.8 Å². The number of thiazole rings is 1. The molecule has 3 nitrogen and oxygen atoms in total. The van der Waals surface area contributed by atoms with Gasteiger partial charge < -0.3 is 10.1 Å². The number of anilines is 1. The molecule has 0 saturated carbocycles. The van der Waals surface area contributed by atoms with E-state index in [0.29, 0.717) is 6.61 Å². The smallest absolute Gasteiger partial charge is 0.121 e. The maximum atomic E-state index is 5.47. The van der Waals surface area contributed by atoms with Crippen molar-refractivity contribution in [1.82, 2.24) is 4.98 Å². The van der Waals surface area contributed by atoms with E-state index in [0.717, 1.165) is 28.7 Å². The van der Waals surface area contributed by atoms with E-state index in [1.807, 2.05) is 38.1 Å². The van der Waals surface area contributed by atoms with Gasteiger partial charge in [-0.1, -0.05) is 6.07 Å². The Bertz CT molecular complexity index is 503. The average molecular weight is 262 g/mol. The number of hydrogen-bond donors (Lipinski definition) is 1. The second-order valence-electron chi connectivity index (χ2n) is 4.06. The highest BCUT2D eigenvalue weighted by Gasteiger charge is 2.03. The summed E-state index contributed by atoms with van der Waals surface area (Å²) in [4.78, 5) is 5.80. The second kappa shape index (κ2) is 5.87. The summed E-state index contributed by atoms with van der Waals surface area (Å²) in [6.45, 7) is 7.59. The molecule has 0 aliphatic rings. The van der Waals surface area contributed by atoms with Crippen LogP contribution < -0.4 is 10.1 Å². The summed E-state index contributed by atoms with van der Waals surface area (Å²) in [5.74, 6) is 0.897. The normalized spacial score (nSPS) is 10.4. The quantitative estimate of drug-likeness (QED) is 0.890. The number of hydrogen-bond acceptors (Lipinski definition) is 4. The average Bonchev–Trinajstić information content (AvgIpc) is 2.67. The van der Waals surface area contributed by atoms with Crippen LogP contribution in [0.2, 0.25) is 0 Å². The molecule has 0 aliphatic carbocycles. The fourth-order valence-electron chi connectivity index (χ4n) is 1.65. The van der Waals surface area contributed by atoms with E-state index in [-0.39, 0.29) is 0 Å². The molecule has 0 spiro atoms. The molecular formula is C14H18N2OS. The lowest BCUT2D eigenvalue weighted by Crippen LogP contribution is -1.99. The van der Waals surface area contributed by atoms with E-state index in [1.54, 1.807) is 11.3 Å². The molecular weight excluding hydrogens is 244 g/mol. The zero-order valence-corrected chi connectivity index (χ0v) is 11.8. The minimum absolute atomic E-state index is 0.689. The van der Waals surface area contributed by atoms with E-state index in [2.05, 4.69) is 17.2 Å². The minimum atomic E-state index is 0.689. The molecule has 1 aromatic heterocycles.